The summed E-state index contributed by atoms with van der Waals surface area (Å²) in [5.74, 6) is 3.46. The monoisotopic (exact) mass is 1140 g/mol. The summed E-state index contributed by atoms with van der Waals surface area (Å²) in [7, 11) is 0. The van der Waals surface area contributed by atoms with E-state index in [2.05, 4.69) is 149 Å². The van der Waals surface area contributed by atoms with Crippen LogP contribution in [0.4, 0.5) is 0 Å². The maximum atomic E-state index is 6.88. The van der Waals surface area contributed by atoms with Crippen LogP contribution in [0.2, 0.25) is 0 Å². The maximum Gasteiger partial charge on any atom is 2.00 e. The van der Waals surface area contributed by atoms with E-state index < -0.39 is 0 Å². The van der Waals surface area contributed by atoms with Crippen LogP contribution in [0.25, 0.3) is 72.5 Å². The molecule has 9 heteroatoms. The molecule has 4 aromatic heterocycles. The summed E-state index contributed by atoms with van der Waals surface area (Å²) < 4.78 is 15.7. The van der Waals surface area contributed by atoms with Crippen LogP contribution in [0, 0.1) is 38.1 Å². The molecule has 10 aromatic rings. The molecule has 334 valence electrons. The Balaban J connectivity index is 0.00000304. The Labute approximate surface area is 420 Å². The zero-order valence-electron chi connectivity index (χ0n) is 37.8. The van der Waals surface area contributed by atoms with Gasteiger partial charge in [-0.1, -0.05) is 160 Å². The van der Waals surface area contributed by atoms with Crippen molar-refractivity contribution in [3.63, 3.8) is 0 Å². The van der Waals surface area contributed by atoms with Gasteiger partial charge in [0.1, 0.15) is 0 Å². The Morgan fingerprint density at radius 1 is 0.478 bits per heavy atom. The maximum absolute atomic E-state index is 6.88. The molecule has 67 heavy (non-hydrogen) atoms. The SMILES string of the molecule is Cc1cc(-c2ccccn2)[c-]c(Oc2[c-]c3c(cc2)c2ccc(Oc4[c-]c(-c5ccccn5)cc(C)c4-c4ccc(C(C)C)cc4)[c-]c2n3-c2ncccn2)c1-c1ccc(C(C)C)cc1.[Pd+2].[Pt+2]. The minimum Gasteiger partial charge on any atom is -0.502 e. The van der Waals surface area contributed by atoms with E-state index in [-0.39, 0.29) is 41.5 Å². The summed E-state index contributed by atoms with van der Waals surface area (Å²) in [5.41, 5.74) is 13.3. The molecule has 0 fully saturated rings. The van der Waals surface area contributed by atoms with Gasteiger partial charge in [-0.05, 0) is 52.5 Å². The fourth-order valence-electron chi connectivity index (χ4n) is 8.41. The van der Waals surface area contributed by atoms with Crippen molar-refractivity contribution in [2.24, 2.45) is 0 Å². The van der Waals surface area contributed by atoms with Gasteiger partial charge in [-0.2, -0.15) is 22.9 Å². The van der Waals surface area contributed by atoms with Crippen molar-refractivity contribution in [1.82, 2.24) is 24.5 Å². The average molecular weight is 1150 g/mol. The average Bonchev–Trinajstić information content (AvgIpc) is 3.65. The predicted molar refractivity (Wildman–Crippen MR) is 260 cm³/mol. The molecule has 0 aliphatic heterocycles. The van der Waals surface area contributed by atoms with Crippen molar-refractivity contribution in [3.05, 3.63) is 199 Å². The van der Waals surface area contributed by atoms with Gasteiger partial charge in [0.2, 0.25) is 5.95 Å². The Kier molecular flexibility index (Phi) is 14.1. The molecule has 0 aliphatic carbocycles. The molecule has 0 saturated carbocycles. The van der Waals surface area contributed by atoms with Crippen LogP contribution >= 0.6 is 0 Å². The fourth-order valence-corrected chi connectivity index (χ4v) is 8.41. The molecule has 0 bridgehead atoms. The first-order valence-corrected chi connectivity index (χ1v) is 21.9. The molecule has 4 heterocycles. The number of ether oxygens (including phenoxy) is 2. The molecule has 0 aliphatic rings. The topological polar surface area (TPSA) is 75.0 Å². The number of benzene rings is 6. The Bertz CT molecular complexity index is 3120. The second-order valence-corrected chi connectivity index (χ2v) is 16.9. The number of hydrogen-bond acceptors (Lipinski definition) is 6. The minimum atomic E-state index is 0. The number of nitrogens with zero attached hydrogens (tertiary/aromatic N) is 5. The fraction of sp³-hybridized carbons (Fsp3) is 0.138. The summed E-state index contributed by atoms with van der Waals surface area (Å²) in [5, 5.41) is 1.86. The third-order valence-electron chi connectivity index (χ3n) is 11.8. The van der Waals surface area contributed by atoms with Gasteiger partial charge >= 0.3 is 41.5 Å². The molecule has 0 atom stereocenters. The second kappa shape index (κ2) is 20.1. The summed E-state index contributed by atoms with van der Waals surface area (Å²) in [6.07, 6.45) is 7.05. The first-order chi connectivity index (χ1) is 31.7. The summed E-state index contributed by atoms with van der Waals surface area (Å²) in [4.78, 5) is 18.7. The largest absolute Gasteiger partial charge is 2.00 e. The number of rotatable bonds is 11. The van der Waals surface area contributed by atoms with Crippen LogP contribution in [-0.2, 0) is 41.5 Å². The van der Waals surface area contributed by atoms with Crippen molar-refractivity contribution in [2.75, 3.05) is 0 Å². The molecule has 0 unspecified atom stereocenters. The molecule has 7 nitrogen and oxygen atoms in total. The zero-order chi connectivity index (χ0) is 44.6. The van der Waals surface area contributed by atoms with E-state index >= 15 is 0 Å². The zero-order valence-corrected chi connectivity index (χ0v) is 41.6. The molecule has 0 saturated heterocycles. The molecule has 6 aromatic carbocycles. The van der Waals surface area contributed by atoms with Gasteiger partial charge in [0.05, 0.1) is 0 Å². The van der Waals surface area contributed by atoms with Gasteiger partial charge in [-0.15, -0.1) is 58.7 Å². The molecule has 0 amide bonds. The van der Waals surface area contributed by atoms with Crippen LogP contribution in [-0.4, -0.2) is 24.5 Å². The van der Waals surface area contributed by atoms with Crippen LogP contribution in [0.3, 0.4) is 0 Å². The summed E-state index contributed by atoms with van der Waals surface area (Å²) >= 11 is 0. The minimum absolute atomic E-state index is 0. The first-order valence-electron chi connectivity index (χ1n) is 21.9. The van der Waals surface area contributed by atoms with E-state index in [1.165, 1.54) is 11.1 Å². The van der Waals surface area contributed by atoms with Crippen molar-refractivity contribution >= 4 is 21.8 Å². The van der Waals surface area contributed by atoms with Crippen LogP contribution in [0.1, 0.15) is 61.8 Å². The van der Waals surface area contributed by atoms with Crippen molar-refractivity contribution < 1.29 is 51.0 Å². The van der Waals surface area contributed by atoms with E-state index in [0.29, 0.717) is 40.8 Å². The quantitative estimate of drug-likeness (QED) is 0.0949. The smallest absolute Gasteiger partial charge is 0.502 e. The Morgan fingerprint density at radius 2 is 0.896 bits per heavy atom. The van der Waals surface area contributed by atoms with E-state index in [1.54, 1.807) is 30.9 Å². The molecular formula is C58H45N5O2PdPt. The van der Waals surface area contributed by atoms with Crippen molar-refractivity contribution in [1.29, 1.82) is 0 Å². The third kappa shape index (κ3) is 9.54. The standard InChI is InChI=1S/C58H45N5O2.Pd.Pt/c1-36(2)40-14-18-42(19-15-40)56-38(5)30-44(50-12-7-9-26-59-50)32-54(56)64-46-22-24-48-49-25-23-47(35-53(49)63(52(48)34-46)58-61-28-11-29-62-58)65-55-33-45(51-13-8-10-27-60-51)31-39(6)57(55)43-20-16-41(17-21-43)37(3)4;;/h7-31,36-37H,1-6H3;;/q-4;2*+2. The molecular weight excluding hydrogens is 1100 g/mol. The van der Waals surface area contributed by atoms with Crippen molar-refractivity contribution in [3.8, 4) is 73.7 Å². The number of fused-ring (bicyclic) bond motifs is 3. The number of hydrogen-bond donors (Lipinski definition) is 0. The number of aryl methyl sites for hydroxylation is 2. The van der Waals surface area contributed by atoms with Crippen LogP contribution in [0.5, 0.6) is 23.0 Å². The first kappa shape index (κ1) is 47.0. The summed E-state index contributed by atoms with van der Waals surface area (Å²) in [6, 6.07) is 57.5. The van der Waals surface area contributed by atoms with E-state index in [4.69, 9.17) is 19.4 Å². The van der Waals surface area contributed by atoms with Gasteiger partial charge in [-0.3, -0.25) is 0 Å². The van der Waals surface area contributed by atoms with E-state index in [9.17, 15) is 0 Å². The van der Waals surface area contributed by atoms with Gasteiger partial charge in [0, 0.05) is 47.8 Å². The van der Waals surface area contributed by atoms with Gasteiger partial charge in [-0.25, -0.2) is 9.97 Å². The van der Waals surface area contributed by atoms with Gasteiger partial charge < -0.3 is 24.0 Å². The van der Waals surface area contributed by atoms with Gasteiger partial charge in [0.15, 0.2) is 0 Å². The molecule has 0 N–H and O–H groups in total. The molecule has 0 radical (unpaired) electrons. The summed E-state index contributed by atoms with van der Waals surface area (Å²) in [6.45, 7) is 13.0. The molecule has 10 rings (SSSR count). The van der Waals surface area contributed by atoms with E-state index in [0.717, 1.165) is 77.7 Å². The number of pyridine rings is 2. The van der Waals surface area contributed by atoms with Crippen LogP contribution < -0.4 is 9.47 Å². The third-order valence-corrected chi connectivity index (χ3v) is 11.8. The Hall–Kier alpha value is -6.55. The van der Waals surface area contributed by atoms with Gasteiger partial charge in [0.25, 0.3) is 0 Å². The molecule has 0 spiro atoms. The second-order valence-electron chi connectivity index (χ2n) is 16.9. The van der Waals surface area contributed by atoms with Crippen LogP contribution in [0.15, 0.2) is 152 Å². The van der Waals surface area contributed by atoms with E-state index in [1.807, 2.05) is 53.1 Å². The van der Waals surface area contributed by atoms with Crippen molar-refractivity contribution in [2.45, 2.75) is 53.4 Å². The number of aromatic nitrogens is 5. The predicted octanol–water partition coefficient (Wildman–Crippen LogP) is 14.7. The Morgan fingerprint density at radius 3 is 1.28 bits per heavy atom. The normalized spacial score (nSPS) is 11.2.